The van der Waals surface area contributed by atoms with Gasteiger partial charge in [0.25, 0.3) is 0 Å². The van der Waals surface area contributed by atoms with Crippen molar-refractivity contribution in [2.24, 2.45) is 5.92 Å². The van der Waals surface area contributed by atoms with E-state index in [-0.39, 0.29) is 18.3 Å². The van der Waals surface area contributed by atoms with Gasteiger partial charge in [-0.1, -0.05) is 12.1 Å². The number of halogens is 1. The van der Waals surface area contributed by atoms with Crippen LogP contribution in [-0.2, 0) is 0 Å². The molecule has 1 aliphatic rings. The van der Waals surface area contributed by atoms with Crippen LogP contribution < -0.4 is 5.32 Å². The van der Waals surface area contributed by atoms with Crippen molar-refractivity contribution in [2.75, 3.05) is 19.7 Å². The zero-order valence-corrected chi connectivity index (χ0v) is 9.32. The summed E-state index contributed by atoms with van der Waals surface area (Å²) < 4.78 is 12.8. The fraction of sp³-hybridized carbons (Fsp3) is 0.538. The topological polar surface area (TPSA) is 32.3 Å². The first-order valence-electron chi connectivity index (χ1n) is 5.88. The Bertz CT molecular complexity index is 319. The van der Waals surface area contributed by atoms with Crippen LogP contribution in [0.3, 0.4) is 0 Å². The van der Waals surface area contributed by atoms with Gasteiger partial charge in [0.15, 0.2) is 0 Å². The van der Waals surface area contributed by atoms with Gasteiger partial charge in [0, 0.05) is 5.92 Å². The minimum Gasteiger partial charge on any atom is -0.396 e. The molecule has 1 saturated heterocycles. The molecule has 0 bridgehead atoms. The van der Waals surface area contributed by atoms with Gasteiger partial charge in [0.2, 0.25) is 0 Å². The van der Waals surface area contributed by atoms with Crippen LogP contribution in [0.15, 0.2) is 24.3 Å². The SMILES string of the molecule is OCC(c1ccc(F)cc1)C1CCCNC1. The number of hydrogen-bond donors (Lipinski definition) is 2. The molecule has 1 aromatic carbocycles. The molecular weight excluding hydrogens is 205 g/mol. The highest BCUT2D eigenvalue weighted by atomic mass is 19.1. The van der Waals surface area contributed by atoms with Crippen molar-refractivity contribution in [2.45, 2.75) is 18.8 Å². The summed E-state index contributed by atoms with van der Waals surface area (Å²) in [6.07, 6.45) is 2.29. The predicted octanol–water partition coefficient (Wildman–Crippen LogP) is 1.90. The highest BCUT2D eigenvalue weighted by Crippen LogP contribution is 2.29. The average molecular weight is 223 g/mol. The van der Waals surface area contributed by atoms with Crippen molar-refractivity contribution in [3.8, 4) is 0 Å². The first-order valence-corrected chi connectivity index (χ1v) is 5.88. The summed E-state index contributed by atoms with van der Waals surface area (Å²) in [6, 6.07) is 6.50. The molecule has 88 valence electrons. The number of hydrogen-bond acceptors (Lipinski definition) is 2. The van der Waals surface area contributed by atoms with Crippen LogP contribution in [0.25, 0.3) is 0 Å². The lowest BCUT2D eigenvalue weighted by atomic mass is 9.82. The molecule has 16 heavy (non-hydrogen) atoms. The second kappa shape index (κ2) is 5.41. The van der Waals surface area contributed by atoms with Gasteiger partial charge in [0.1, 0.15) is 5.82 Å². The van der Waals surface area contributed by atoms with Gasteiger partial charge in [-0.15, -0.1) is 0 Å². The first-order chi connectivity index (χ1) is 7.81. The van der Waals surface area contributed by atoms with Crippen LogP contribution in [0.4, 0.5) is 4.39 Å². The van der Waals surface area contributed by atoms with Crippen molar-refractivity contribution in [1.82, 2.24) is 5.32 Å². The molecule has 2 rings (SSSR count). The first kappa shape index (κ1) is 11.6. The molecule has 2 nitrogen and oxygen atoms in total. The van der Waals surface area contributed by atoms with Crippen LogP contribution in [0.1, 0.15) is 24.3 Å². The molecule has 0 saturated carbocycles. The van der Waals surface area contributed by atoms with E-state index in [0.29, 0.717) is 5.92 Å². The summed E-state index contributed by atoms with van der Waals surface area (Å²) in [5.74, 6) is 0.375. The number of aliphatic hydroxyl groups is 1. The maximum atomic E-state index is 12.8. The van der Waals surface area contributed by atoms with Crippen LogP contribution in [0, 0.1) is 11.7 Å². The summed E-state index contributed by atoms with van der Waals surface area (Å²) >= 11 is 0. The molecule has 0 radical (unpaired) electrons. The van der Waals surface area contributed by atoms with Crippen molar-refractivity contribution in [3.05, 3.63) is 35.6 Å². The van der Waals surface area contributed by atoms with E-state index in [1.165, 1.54) is 12.1 Å². The van der Waals surface area contributed by atoms with Gasteiger partial charge in [0.05, 0.1) is 6.61 Å². The molecule has 3 heteroatoms. The van der Waals surface area contributed by atoms with Crippen LogP contribution in [-0.4, -0.2) is 24.8 Å². The van der Waals surface area contributed by atoms with E-state index in [1.807, 2.05) is 0 Å². The molecule has 1 aromatic rings. The Morgan fingerprint density at radius 1 is 1.38 bits per heavy atom. The molecular formula is C13H18FNO. The Kier molecular flexibility index (Phi) is 3.91. The molecule has 1 heterocycles. The van der Waals surface area contributed by atoms with Gasteiger partial charge in [-0.25, -0.2) is 4.39 Å². The Balaban J connectivity index is 2.11. The van der Waals surface area contributed by atoms with Gasteiger partial charge >= 0.3 is 0 Å². The maximum Gasteiger partial charge on any atom is 0.123 e. The molecule has 0 amide bonds. The largest absolute Gasteiger partial charge is 0.396 e. The molecule has 0 aliphatic carbocycles. The second-order valence-electron chi connectivity index (χ2n) is 4.45. The molecule has 1 aliphatic heterocycles. The fourth-order valence-electron chi connectivity index (χ4n) is 2.46. The van der Waals surface area contributed by atoms with E-state index < -0.39 is 0 Å². The predicted molar refractivity (Wildman–Crippen MR) is 61.8 cm³/mol. The Hall–Kier alpha value is -0.930. The molecule has 2 unspecified atom stereocenters. The number of benzene rings is 1. The lowest BCUT2D eigenvalue weighted by Crippen LogP contribution is -2.34. The number of piperidine rings is 1. The third kappa shape index (κ3) is 2.60. The van der Waals surface area contributed by atoms with Crippen molar-refractivity contribution >= 4 is 0 Å². The third-order valence-corrected chi connectivity index (χ3v) is 3.40. The van der Waals surface area contributed by atoms with E-state index in [4.69, 9.17) is 0 Å². The summed E-state index contributed by atoms with van der Waals surface area (Å²) in [7, 11) is 0. The van der Waals surface area contributed by atoms with E-state index in [0.717, 1.165) is 31.5 Å². The number of nitrogens with one attached hydrogen (secondary N) is 1. The van der Waals surface area contributed by atoms with Crippen molar-refractivity contribution < 1.29 is 9.50 Å². The molecule has 1 fully saturated rings. The molecule has 2 atom stereocenters. The monoisotopic (exact) mass is 223 g/mol. The number of aliphatic hydroxyl groups excluding tert-OH is 1. The normalized spacial score (nSPS) is 23.0. The summed E-state index contributed by atoms with van der Waals surface area (Å²) in [4.78, 5) is 0. The highest BCUT2D eigenvalue weighted by Gasteiger charge is 2.24. The zero-order chi connectivity index (χ0) is 11.4. The smallest absolute Gasteiger partial charge is 0.123 e. The summed E-state index contributed by atoms with van der Waals surface area (Å²) in [5, 5.41) is 12.8. The zero-order valence-electron chi connectivity index (χ0n) is 9.32. The summed E-state index contributed by atoms with van der Waals surface area (Å²) in [5.41, 5.74) is 1.04. The summed E-state index contributed by atoms with van der Waals surface area (Å²) in [6.45, 7) is 2.15. The van der Waals surface area contributed by atoms with Crippen LogP contribution >= 0.6 is 0 Å². The molecule has 0 spiro atoms. The number of rotatable bonds is 3. The van der Waals surface area contributed by atoms with Gasteiger partial charge in [-0.05, 0) is 49.5 Å². The Labute approximate surface area is 95.5 Å². The van der Waals surface area contributed by atoms with E-state index in [2.05, 4.69) is 5.32 Å². The van der Waals surface area contributed by atoms with E-state index >= 15 is 0 Å². The second-order valence-corrected chi connectivity index (χ2v) is 4.45. The van der Waals surface area contributed by atoms with Gasteiger partial charge in [-0.3, -0.25) is 0 Å². The van der Waals surface area contributed by atoms with Crippen LogP contribution in [0.5, 0.6) is 0 Å². The lowest BCUT2D eigenvalue weighted by Gasteiger charge is -2.29. The maximum absolute atomic E-state index is 12.8. The standard InChI is InChI=1S/C13H18FNO/c14-12-5-3-10(4-6-12)13(9-16)11-2-1-7-15-8-11/h3-6,11,13,15-16H,1-2,7-9H2. The fourth-order valence-corrected chi connectivity index (χ4v) is 2.46. The third-order valence-electron chi connectivity index (χ3n) is 3.40. The molecule has 0 aromatic heterocycles. The Morgan fingerprint density at radius 3 is 2.69 bits per heavy atom. The average Bonchev–Trinajstić information content (AvgIpc) is 2.34. The molecule has 2 N–H and O–H groups in total. The Morgan fingerprint density at radius 2 is 2.12 bits per heavy atom. The van der Waals surface area contributed by atoms with E-state index in [1.54, 1.807) is 12.1 Å². The van der Waals surface area contributed by atoms with Crippen LogP contribution in [0.2, 0.25) is 0 Å². The van der Waals surface area contributed by atoms with Crippen molar-refractivity contribution in [3.63, 3.8) is 0 Å². The van der Waals surface area contributed by atoms with E-state index in [9.17, 15) is 9.50 Å². The van der Waals surface area contributed by atoms with Gasteiger partial charge < -0.3 is 10.4 Å². The highest BCUT2D eigenvalue weighted by molar-refractivity contribution is 5.21. The van der Waals surface area contributed by atoms with Gasteiger partial charge in [-0.2, -0.15) is 0 Å². The minimum atomic E-state index is -0.220. The quantitative estimate of drug-likeness (QED) is 0.820. The lowest BCUT2D eigenvalue weighted by molar-refractivity contribution is 0.203. The minimum absolute atomic E-state index is 0.133. The van der Waals surface area contributed by atoms with Crippen molar-refractivity contribution in [1.29, 1.82) is 0 Å².